The predicted octanol–water partition coefficient (Wildman–Crippen LogP) is 4.64. The lowest BCUT2D eigenvalue weighted by molar-refractivity contribution is 0.102. The van der Waals surface area contributed by atoms with Gasteiger partial charge in [0.05, 0.1) is 5.69 Å². The monoisotopic (exact) mass is 479 g/mol. The van der Waals surface area contributed by atoms with Gasteiger partial charge in [0, 0.05) is 66.4 Å². The number of pyridine rings is 1. The van der Waals surface area contributed by atoms with Crippen LogP contribution in [-0.4, -0.2) is 47.0 Å². The number of rotatable bonds is 7. The minimum Gasteiger partial charge on any atom is -0.370 e. The Bertz CT molecular complexity index is 1340. The number of carbonyl (C=O) groups is 1. The molecule has 8 nitrogen and oxygen atoms in total. The molecule has 3 N–H and O–H groups in total. The molecule has 0 bridgehead atoms. The number of likely N-dealkylation sites (N-methyl/N-ethyl adjacent to an activating group) is 1. The molecule has 8 heteroatoms. The Kier molecular flexibility index (Phi) is 6.86. The highest BCUT2D eigenvalue weighted by molar-refractivity contribution is 6.04. The molecule has 1 fully saturated rings. The minimum atomic E-state index is -0.156. The lowest BCUT2D eigenvalue weighted by atomic mass is 10.1. The first kappa shape index (κ1) is 23.4. The van der Waals surface area contributed by atoms with E-state index in [2.05, 4.69) is 42.8 Å². The number of nitrogens with zero attached hydrogens (tertiary/aromatic N) is 4. The number of hydrogen-bond acceptors (Lipinski definition) is 7. The normalized spacial score (nSPS) is 14.9. The van der Waals surface area contributed by atoms with E-state index in [1.54, 1.807) is 18.6 Å². The van der Waals surface area contributed by atoms with E-state index in [-0.39, 0.29) is 5.91 Å². The van der Waals surface area contributed by atoms with Gasteiger partial charge in [-0.3, -0.25) is 9.78 Å². The summed E-state index contributed by atoms with van der Waals surface area (Å²) in [6.45, 7) is 4.03. The van der Waals surface area contributed by atoms with Crippen molar-refractivity contribution in [3.05, 3.63) is 90.4 Å². The van der Waals surface area contributed by atoms with Crippen LogP contribution in [0.4, 0.5) is 23.0 Å². The molecular weight excluding hydrogens is 450 g/mol. The summed E-state index contributed by atoms with van der Waals surface area (Å²) in [6.07, 6.45) is 6.34. The first-order valence-electron chi connectivity index (χ1n) is 12.0. The fraction of sp³-hybridized carbons (Fsp3) is 0.214. The molecule has 0 radical (unpaired) electrons. The van der Waals surface area contributed by atoms with Crippen molar-refractivity contribution in [3.8, 4) is 11.3 Å². The number of benzene rings is 2. The summed E-state index contributed by atoms with van der Waals surface area (Å²) in [7, 11) is 2.10. The molecule has 1 unspecified atom stereocenters. The third-order valence-corrected chi connectivity index (χ3v) is 6.47. The average Bonchev–Trinajstić information content (AvgIpc) is 3.46. The highest BCUT2D eigenvalue weighted by Crippen LogP contribution is 2.25. The van der Waals surface area contributed by atoms with Crippen LogP contribution in [0.25, 0.3) is 11.3 Å². The van der Waals surface area contributed by atoms with Crippen molar-refractivity contribution in [1.82, 2.24) is 20.3 Å². The van der Waals surface area contributed by atoms with E-state index >= 15 is 0 Å². The van der Waals surface area contributed by atoms with Crippen LogP contribution in [0.1, 0.15) is 22.3 Å². The Morgan fingerprint density at radius 2 is 1.94 bits per heavy atom. The van der Waals surface area contributed by atoms with Gasteiger partial charge in [-0.15, -0.1) is 0 Å². The average molecular weight is 480 g/mol. The minimum absolute atomic E-state index is 0.156. The van der Waals surface area contributed by atoms with Gasteiger partial charge in [0.1, 0.15) is 0 Å². The molecular formula is C28H29N7O. The van der Waals surface area contributed by atoms with Gasteiger partial charge < -0.3 is 20.9 Å². The molecule has 182 valence electrons. The summed E-state index contributed by atoms with van der Waals surface area (Å²) in [5.41, 5.74) is 5.93. The van der Waals surface area contributed by atoms with Gasteiger partial charge in [-0.2, -0.15) is 0 Å². The van der Waals surface area contributed by atoms with Crippen LogP contribution in [0.5, 0.6) is 0 Å². The van der Waals surface area contributed by atoms with E-state index in [0.29, 0.717) is 23.2 Å². The fourth-order valence-electron chi connectivity index (χ4n) is 4.28. The van der Waals surface area contributed by atoms with Crippen molar-refractivity contribution < 1.29 is 4.79 Å². The highest BCUT2D eigenvalue weighted by atomic mass is 16.1. The Morgan fingerprint density at radius 3 is 2.69 bits per heavy atom. The molecule has 1 aliphatic rings. The van der Waals surface area contributed by atoms with Gasteiger partial charge in [0.15, 0.2) is 0 Å². The van der Waals surface area contributed by atoms with E-state index in [9.17, 15) is 4.79 Å². The first-order chi connectivity index (χ1) is 17.6. The van der Waals surface area contributed by atoms with Crippen molar-refractivity contribution in [2.45, 2.75) is 19.4 Å². The standard InChI is InChI=1S/C28H29N7O/c1-19-5-8-22(16-26(19)34-28-31-15-12-25(33-28)21-4-3-13-29-17-21)32-27(36)20-6-9-23(10-7-20)35(2)24-11-14-30-18-24/h3-10,12-13,15-17,24,30H,11,14,18H2,1-2H3,(H,32,36)(H,31,33,34). The van der Waals surface area contributed by atoms with E-state index in [1.165, 1.54) is 0 Å². The lowest BCUT2D eigenvalue weighted by Crippen LogP contribution is -2.33. The second kappa shape index (κ2) is 10.5. The van der Waals surface area contributed by atoms with Crippen LogP contribution in [0, 0.1) is 6.92 Å². The molecule has 36 heavy (non-hydrogen) atoms. The van der Waals surface area contributed by atoms with Crippen LogP contribution >= 0.6 is 0 Å². The van der Waals surface area contributed by atoms with Crippen molar-refractivity contribution in [2.24, 2.45) is 0 Å². The van der Waals surface area contributed by atoms with Gasteiger partial charge in [-0.25, -0.2) is 9.97 Å². The summed E-state index contributed by atoms with van der Waals surface area (Å²) < 4.78 is 0. The number of hydrogen-bond donors (Lipinski definition) is 3. The van der Waals surface area contributed by atoms with Crippen LogP contribution < -0.4 is 20.9 Å². The zero-order valence-corrected chi connectivity index (χ0v) is 20.4. The second-order valence-corrected chi connectivity index (χ2v) is 8.92. The van der Waals surface area contributed by atoms with E-state index in [1.807, 2.05) is 67.6 Å². The van der Waals surface area contributed by atoms with Gasteiger partial charge >= 0.3 is 0 Å². The Morgan fingerprint density at radius 1 is 1.08 bits per heavy atom. The fourth-order valence-corrected chi connectivity index (χ4v) is 4.28. The Labute approximate surface area is 210 Å². The Balaban J connectivity index is 1.28. The summed E-state index contributed by atoms with van der Waals surface area (Å²) in [6, 6.07) is 19.6. The zero-order valence-electron chi connectivity index (χ0n) is 20.4. The number of aromatic nitrogens is 3. The van der Waals surface area contributed by atoms with Crippen LogP contribution in [-0.2, 0) is 0 Å². The smallest absolute Gasteiger partial charge is 0.255 e. The molecule has 1 atom stereocenters. The predicted molar refractivity (Wildman–Crippen MR) is 144 cm³/mol. The van der Waals surface area contributed by atoms with E-state index < -0.39 is 0 Å². The van der Waals surface area contributed by atoms with E-state index in [0.717, 1.165) is 47.7 Å². The molecule has 1 aliphatic heterocycles. The molecule has 2 aromatic heterocycles. The van der Waals surface area contributed by atoms with Crippen molar-refractivity contribution in [2.75, 3.05) is 35.7 Å². The SMILES string of the molecule is Cc1ccc(NC(=O)c2ccc(N(C)C3CCNC3)cc2)cc1Nc1nccc(-c2cccnc2)n1. The Hall–Kier alpha value is -4.30. The van der Waals surface area contributed by atoms with Crippen molar-refractivity contribution >= 4 is 28.9 Å². The topological polar surface area (TPSA) is 95.1 Å². The molecule has 3 heterocycles. The molecule has 0 aliphatic carbocycles. The molecule has 4 aromatic rings. The number of aryl methyl sites for hydroxylation is 1. The summed E-state index contributed by atoms with van der Waals surface area (Å²) in [5, 5.41) is 9.67. The molecule has 0 saturated carbocycles. The lowest BCUT2D eigenvalue weighted by Gasteiger charge is -2.26. The van der Waals surface area contributed by atoms with Crippen molar-refractivity contribution in [1.29, 1.82) is 0 Å². The number of carbonyl (C=O) groups excluding carboxylic acids is 1. The second-order valence-electron chi connectivity index (χ2n) is 8.92. The summed E-state index contributed by atoms with van der Waals surface area (Å²) in [4.78, 5) is 28.3. The number of amides is 1. The highest BCUT2D eigenvalue weighted by Gasteiger charge is 2.19. The third-order valence-electron chi connectivity index (χ3n) is 6.47. The largest absolute Gasteiger partial charge is 0.370 e. The molecule has 1 saturated heterocycles. The third kappa shape index (κ3) is 5.34. The quantitative estimate of drug-likeness (QED) is 0.355. The van der Waals surface area contributed by atoms with Crippen LogP contribution in [0.2, 0.25) is 0 Å². The molecule has 5 rings (SSSR count). The molecule has 2 aromatic carbocycles. The van der Waals surface area contributed by atoms with Gasteiger partial charge in [-0.1, -0.05) is 6.07 Å². The van der Waals surface area contributed by atoms with E-state index in [4.69, 9.17) is 0 Å². The van der Waals surface area contributed by atoms with Gasteiger partial charge in [-0.05, 0) is 80.1 Å². The number of anilines is 4. The molecule has 1 amide bonds. The van der Waals surface area contributed by atoms with Crippen LogP contribution in [0.15, 0.2) is 79.3 Å². The first-order valence-corrected chi connectivity index (χ1v) is 12.0. The summed E-state index contributed by atoms with van der Waals surface area (Å²) in [5.74, 6) is 0.316. The van der Waals surface area contributed by atoms with Gasteiger partial charge in [0.2, 0.25) is 5.95 Å². The maximum Gasteiger partial charge on any atom is 0.255 e. The number of nitrogens with one attached hydrogen (secondary N) is 3. The van der Waals surface area contributed by atoms with Crippen molar-refractivity contribution in [3.63, 3.8) is 0 Å². The zero-order chi connectivity index (χ0) is 24.9. The van der Waals surface area contributed by atoms with Crippen LogP contribution in [0.3, 0.4) is 0 Å². The maximum atomic E-state index is 12.9. The maximum absolute atomic E-state index is 12.9. The van der Waals surface area contributed by atoms with Gasteiger partial charge in [0.25, 0.3) is 5.91 Å². The molecule has 0 spiro atoms. The summed E-state index contributed by atoms with van der Waals surface area (Å²) >= 11 is 0.